The SMILES string of the molecule is C#CCC(CC(=O)N1CCCN(C(=O)CC(CC#C)c2ccccc2)CC1)c1ccccc1. The van der Waals surface area contributed by atoms with Crippen LogP contribution >= 0.6 is 0 Å². The van der Waals surface area contributed by atoms with Gasteiger partial charge in [-0.2, -0.15) is 0 Å². The third-order valence-electron chi connectivity index (χ3n) is 6.31. The van der Waals surface area contributed by atoms with Gasteiger partial charge in [0.05, 0.1) is 0 Å². The van der Waals surface area contributed by atoms with Crippen molar-refractivity contribution < 1.29 is 9.59 Å². The molecule has 33 heavy (non-hydrogen) atoms. The third-order valence-corrected chi connectivity index (χ3v) is 6.31. The highest BCUT2D eigenvalue weighted by molar-refractivity contribution is 5.79. The standard InChI is InChI=1S/C29H32N2O2/c1-3-12-26(24-14-7-5-8-15-24)22-28(32)30-18-11-19-31(21-20-30)29(33)23-27(13-4-2)25-16-9-6-10-17-25/h1-2,5-10,14-17,26-27H,11-13,18-23H2. The average Bonchev–Trinajstić information content (AvgIpc) is 3.11. The van der Waals surface area contributed by atoms with Crippen molar-refractivity contribution in [1.29, 1.82) is 0 Å². The van der Waals surface area contributed by atoms with Gasteiger partial charge in [0.1, 0.15) is 0 Å². The average molecular weight is 441 g/mol. The van der Waals surface area contributed by atoms with Crippen molar-refractivity contribution >= 4 is 11.8 Å². The fourth-order valence-corrected chi connectivity index (χ4v) is 4.45. The summed E-state index contributed by atoms with van der Waals surface area (Å²) in [5.41, 5.74) is 2.19. The van der Waals surface area contributed by atoms with Crippen molar-refractivity contribution in [3.05, 3.63) is 71.8 Å². The van der Waals surface area contributed by atoms with E-state index in [0.29, 0.717) is 51.9 Å². The molecule has 1 fully saturated rings. The highest BCUT2D eigenvalue weighted by Gasteiger charge is 2.26. The van der Waals surface area contributed by atoms with Crippen molar-refractivity contribution in [1.82, 2.24) is 9.80 Å². The predicted molar refractivity (Wildman–Crippen MR) is 132 cm³/mol. The van der Waals surface area contributed by atoms with Crippen LogP contribution in [-0.4, -0.2) is 47.8 Å². The second-order valence-corrected chi connectivity index (χ2v) is 8.56. The zero-order valence-corrected chi connectivity index (χ0v) is 19.2. The first kappa shape index (κ1) is 24.1. The van der Waals surface area contributed by atoms with Gasteiger partial charge in [0.15, 0.2) is 0 Å². The molecule has 0 saturated carbocycles. The molecule has 0 N–H and O–H groups in total. The zero-order chi connectivity index (χ0) is 23.5. The third kappa shape index (κ3) is 6.99. The molecule has 2 atom stereocenters. The summed E-state index contributed by atoms with van der Waals surface area (Å²) in [4.78, 5) is 29.9. The smallest absolute Gasteiger partial charge is 0.223 e. The lowest BCUT2D eigenvalue weighted by molar-refractivity contribution is -0.134. The molecule has 2 amide bonds. The molecular weight excluding hydrogens is 408 g/mol. The lowest BCUT2D eigenvalue weighted by atomic mass is 9.92. The first-order chi connectivity index (χ1) is 16.1. The van der Waals surface area contributed by atoms with E-state index in [1.165, 1.54) is 0 Å². The molecule has 1 aliphatic rings. The van der Waals surface area contributed by atoms with Crippen LogP contribution in [0.15, 0.2) is 60.7 Å². The van der Waals surface area contributed by atoms with E-state index in [9.17, 15) is 9.59 Å². The van der Waals surface area contributed by atoms with Gasteiger partial charge < -0.3 is 9.80 Å². The second kappa shape index (κ2) is 12.5. The van der Waals surface area contributed by atoms with E-state index in [1.54, 1.807) is 0 Å². The Morgan fingerprint density at radius 1 is 0.697 bits per heavy atom. The Morgan fingerprint density at radius 3 is 1.45 bits per heavy atom. The van der Waals surface area contributed by atoms with Gasteiger partial charge in [-0.3, -0.25) is 9.59 Å². The van der Waals surface area contributed by atoms with Crippen LogP contribution < -0.4 is 0 Å². The summed E-state index contributed by atoms with van der Waals surface area (Å²) in [6.07, 6.45) is 13.8. The van der Waals surface area contributed by atoms with Crippen LogP contribution in [0, 0.1) is 24.7 Å². The Morgan fingerprint density at radius 2 is 1.09 bits per heavy atom. The largest absolute Gasteiger partial charge is 0.341 e. The number of nitrogens with zero attached hydrogens (tertiary/aromatic N) is 2. The number of rotatable bonds is 8. The lowest BCUT2D eigenvalue weighted by Crippen LogP contribution is -2.38. The first-order valence-corrected chi connectivity index (χ1v) is 11.6. The van der Waals surface area contributed by atoms with E-state index in [0.717, 1.165) is 17.5 Å². The quantitative estimate of drug-likeness (QED) is 0.570. The van der Waals surface area contributed by atoms with Crippen LogP contribution in [0.4, 0.5) is 0 Å². The normalized spacial score (nSPS) is 15.6. The monoisotopic (exact) mass is 440 g/mol. The number of carbonyl (C=O) groups excluding carboxylic acids is 2. The fourth-order valence-electron chi connectivity index (χ4n) is 4.45. The molecule has 4 nitrogen and oxygen atoms in total. The van der Waals surface area contributed by atoms with Crippen LogP contribution in [0.2, 0.25) is 0 Å². The molecule has 0 spiro atoms. The van der Waals surface area contributed by atoms with Crippen LogP contribution in [-0.2, 0) is 9.59 Å². The van der Waals surface area contributed by atoms with Gasteiger partial charge in [-0.15, -0.1) is 24.7 Å². The lowest BCUT2D eigenvalue weighted by Gasteiger charge is -2.25. The van der Waals surface area contributed by atoms with E-state index in [4.69, 9.17) is 12.8 Å². The molecule has 0 radical (unpaired) electrons. The van der Waals surface area contributed by atoms with Crippen molar-refractivity contribution in [3.63, 3.8) is 0 Å². The summed E-state index contributed by atoms with van der Waals surface area (Å²) >= 11 is 0. The van der Waals surface area contributed by atoms with Gasteiger partial charge in [0.2, 0.25) is 11.8 Å². The minimum atomic E-state index is 0.0140. The topological polar surface area (TPSA) is 40.6 Å². The van der Waals surface area contributed by atoms with Gasteiger partial charge >= 0.3 is 0 Å². The minimum absolute atomic E-state index is 0.0140. The Bertz CT molecular complexity index is 906. The first-order valence-electron chi connectivity index (χ1n) is 11.6. The Kier molecular flexibility index (Phi) is 9.16. The molecule has 2 aromatic rings. The van der Waals surface area contributed by atoms with E-state index in [-0.39, 0.29) is 23.7 Å². The van der Waals surface area contributed by atoms with Crippen LogP contribution in [0.5, 0.6) is 0 Å². The molecule has 2 aromatic carbocycles. The van der Waals surface area contributed by atoms with E-state index >= 15 is 0 Å². The summed E-state index contributed by atoms with van der Waals surface area (Å²) in [6, 6.07) is 19.9. The molecule has 3 rings (SSSR count). The van der Waals surface area contributed by atoms with Crippen LogP contribution in [0.25, 0.3) is 0 Å². The maximum absolute atomic E-state index is 13.1. The predicted octanol–water partition coefficient (Wildman–Crippen LogP) is 4.44. The number of benzene rings is 2. The summed E-state index contributed by atoms with van der Waals surface area (Å²) in [5.74, 6) is 5.65. The molecule has 2 unspecified atom stereocenters. The summed E-state index contributed by atoms with van der Waals surface area (Å²) < 4.78 is 0. The number of terminal acetylenes is 2. The van der Waals surface area contributed by atoms with Crippen molar-refractivity contribution in [2.75, 3.05) is 26.2 Å². The van der Waals surface area contributed by atoms with Crippen molar-refractivity contribution in [2.45, 2.75) is 43.9 Å². The number of hydrogen-bond donors (Lipinski definition) is 0. The summed E-state index contributed by atoms with van der Waals surface area (Å²) in [7, 11) is 0. The fraction of sp³-hybridized carbons (Fsp3) is 0.379. The Hall–Kier alpha value is -3.50. The maximum atomic E-state index is 13.1. The Balaban J connectivity index is 1.58. The molecule has 4 heteroatoms. The van der Waals surface area contributed by atoms with Gasteiger partial charge in [-0.1, -0.05) is 60.7 Å². The maximum Gasteiger partial charge on any atom is 0.223 e. The van der Waals surface area contributed by atoms with E-state index < -0.39 is 0 Å². The molecule has 1 aliphatic heterocycles. The van der Waals surface area contributed by atoms with E-state index in [2.05, 4.69) is 11.8 Å². The van der Waals surface area contributed by atoms with E-state index in [1.807, 2.05) is 70.5 Å². The second-order valence-electron chi connectivity index (χ2n) is 8.56. The molecule has 0 aromatic heterocycles. The zero-order valence-electron chi connectivity index (χ0n) is 19.2. The number of carbonyl (C=O) groups is 2. The summed E-state index contributed by atoms with van der Waals surface area (Å²) in [6.45, 7) is 2.42. The van der Waals surface area contributed by atoms with Crippen molar-refractivity contribution in [2.24, 2.45) is 0 Å². The van der Waals surface area contributed by atoms with Crippen LogP contribution in [0.1, 0.15) is 55.1 Å². The Labute approximate surface area is 198 Å². The summed E-state index contributed by atoms with van der Waals surface area (Å²) in [5, 5.41) is 0. The van der Waals surface area contributed by atoms with Crippen molar-refractivity contribution in [3.8, 4) is 24.7 Å². The molecule has 170 valence electrons. The van der Waals surface area contributed by atoms with Gasteiger partial charge in [0.25, 0.3) is 0 Å². The highest BCUT2D eigenvalue weighted by Crippen LogP contribution is 2.26. The molecular formula is C29H32N2O2. The van der Waals surface area contributed by atoms with Gasteiger partial charge in [-0.05, 0) is 17.5 Å². The molecule has 0 bridgehead atoms. The number of amides is 2. The highest BCUT2D eigenvalue weighted by atomic mass is 16.2. The minimum Gasteiger partial charge on any atom is -0.341 e. The molecule has 0 aliphatic carbocycles. The number of hydrogen-bond acceptors (Lipinski definition) is 2. The van der Waals surface area contributed by atoms with Gasteiger partial charge in [0, 0.05) is 63.7 Å². The van der Waals surface area contributed by atoms with Gasteiger partial charge in [-0.25, -0.2) is 0 Å². The molecule has 1 saturated heterocycles. The van der Waals surface area contributed by atoms with Crippen LogP contribution in [0.3, 0.4) is 0 Å². The molecule has 1 heterocycles.